The van der Waals surface area contributed by atoms with Crippen LogP contribution in [0.25, 0.3) is 0 Å². The van der Waals surface area contributed by atoms with Crippen LogP contribution in [0.2, 0.25) is 0 Å². The maximum atomic E-state index is 9.49. The number of rotatable bonds is 1. The monoisotopic (exact) mass is 88.0 g/mol. The normalized spacial score (nSPS) is 9.17. The quantitative estimate of drug-likeness (QED) is 0.386. The van der Waals surface area contributed by atoms with Crippen molar-refractivity contribution < 1.29 is 15.6 Å². The molecule has 1 radical (unpaired) electrons. The molecule has 0 fully saturated rings. The summed E-state index contributed by atoms with van der Waals surface area (Å²) in [5.74, 6) is -1.19. The number of carboxylic acid groups (broad SMARTS) is 1. The molecule has 35 valence electrons. The molecule has 3 N–H and O–H groups in total. The minimum absolute atomic E-state index is 0.0648. The van der Waals surface area contributed by atoms with Crippen LogP contribution in [0.1, 0.15) is 6.92 Å². The van der Waals surface area contributed by atoms with Crippen molar-refractivity contribution >= 4 is 5.97 Å². The Morgan fingerprint density at radius 2 is 2.00 bits per heavy atom. The SMILES string of the molecule is C[C]([NH3+])C(=O)[O-]. The van der Waals surface area contributed by atoms with E-state index in [4.69, 9.17) is 0 Å². The number of carboxylic acids is 1. The lowest BCUT2D eigenvalue weighted by Gasteiger charge is -1.95. The largest absolute Gasteiger partial charge is 0.543 e. The molecule has 0 aliphatic carbocycles. The van der Waals surface area contributed by atoms with E-state index in [2.05, 4.69) is 5.73 Å². The first kappa shape index (κ1) is 5.43. The summed E-state index contributed by atoms with van der Waals surface area (Å²) in [6.07, 6.45) is 0. The van der Waals surface area contributed by atoms with Gasteiger partial charge in [0.1, 0.15) is 5.97 Å². The molecule has 0 aliphatic heterocycles. The van der Waals surface area contributed by atoms with Crippen molar-refractivity contribution in [3.63, 3.8) is 0 Å². The van der Waals surface area contributed by atoms with Gasteiger partial charge in [-0.15, -0.1) is 0 Å². The summed E-state index contributed by atoms with van der Waals surface area (Å²) in [5, 5.41) is 9.49. The van der Waals surface area contributed by atoms with E-state index in [1.165, 1.54) is 6.92 Å². The van der Waals surface area contributed by atoms with Gasteiger partial charge in [0.25, 0.3) is 0 Å². The molecule has 0 heterocycles. The van der Waals surface area contributed by atoms with Gasteiger partial charge in [-0.05, 0) is 0 Å². The standard InChI is InChI=1S/C3H7NO2/c1-2(4)3(5)6/h1,4H3,(H,5,6)/q+1/p-1. The highest BCUT2D eigenvalue weighted by molar-refractivity contribution is 5.76. The molecule has 0 spiro atoms. The highest BCUT2D eigenvalue weighted by Gasteiger charge is 1.95. The molecule has 0 rings (SSSR count). The zero-order valence-electron chi connectivity index (χ0n) is 3.52. The average Bonchev–Trinajstić information content (AvgIpc) is 1.36. The Morgan fingerprint density at radius 3 is 2.00 bits per heavy atom. The maximum Gasteiger partial charge on any atom is 0.192 e. The second-order valence-corrected chi connectivity index (χ2v) is 1.07. The third-order valence-electron chi connectivity index (χ3n) is 0.348. The van der Waals surface area contributed by atoms with Crippen molar-refractivity contribution in [3.8, 4) is 0 Å². The van der Waals surface area contributed by atoms with Crippen molar-refractivity contribution in [2.24, 2.45) is 0 Å². The molecule has 0 aliphatic rings. The zero-order valence-corrected chi connectivity index (χ0v) is 3.52. The number of hydrogen-bond acceptors (Lipinski definition) is 2. The van der Waals surface area contributed by atoms with Gasteiger partial charge in [-0.1, -0.05) is 0 Å². The van der Waals surface area contributed by atoms with Gasteiger partial charge in [-0.3, -0.25) is 0 Å². The van der Waals surface area contributed by atoms with Crippen LogP contribution in [0.5, 0.6) is 0 Å². The van der Waals surface area contributed by atoms with Gasteiger partial charge < -0.3 is 15.6 Å². The Bertz CT molecular complexity index is 59.8. The van der Waals surface area contributed by atoms with Crippen LogP contribution in [0.15, 0.2) is 0 Å². The van der Waals surface area contributed by atoms with Crippen LogP contribution < -0.4 is 10.8 Å². The summed E-state index contributed by atoms with van der Waals surface area (Å²) >= 11 is 0. The van der Waals surface area contributed by atoms with E-state index >= 15 is 0 Å². The molecule has 6 heavy (non-hydrogen) atoms. The molecule has 0 aromatic rings. The lowest BCUT2D eigenvalue weighted by Crippen LogP contribution is -2.59. The van der Waals surface area contributed by atoms with E-state index in [-0.39, 0.29) is 6.04 Å². The molecule has 0 aromatic carbocycles. The summed E-state index contributed by atoms with van der Waals surface area (Å²) in [6.45, 7) is 1.38. The minimum atomic E-state index is -1.19. The molecular formula is C3H6NO2. The number of aliphatic carboxylic acids is 1. The molecule has 3 nitrogen and oxygen atoms in total. The predicted molar refractivity (Wildman–Crippen MR) is 16.8 cm³/mol. The second kappa shape index (κ2) is 1.77. The highest BCUT2D eigenvalue weighted by Crippen LogP contribution is 1.71. The number of carbonyl (C=O) groups is 1. The predicted octanol–water partition coefficient (Wildman–Crippen LogP) is -2.47. The van der Waals surface area contributed by atoms with E-state index in [9.17, 15) is 9.90 Å². The fraction of sp³-hybridized carbons (Fsp3) is 0.333. The van der Waals surface area contributed by atoms with E-state index in [1.807, 2.05) is 0 Å². The first-order valence-electron chi connectivity index (χ1n) is 1.51. The first-order valence-corrected chi connectivity index (χ1v) is 1.51. The van der Waals surface area contributed by atoms with Crippen LogP contribution in [0, 0.1) is 6.04 Å². The smallest absolute Gasteiger partial charge is 0.192 e. The molecule has 0 bridgehead atoms. The van der Waals surface area contributed by atoms with Gasteiger partial charge in [0.05, 0.1) is 0 Å². The van der Waals surface area contributed by atoms with Gasteiger partial charge in [-0.25, -0.2) is 0 Å². The van der Waals surface area contributed by atoms with Gasteiger partial charge in [0, 0.05) is 6.92 Å². The third-order valence-corrected chi connectivity index (χ3v) is 0.348. The van der Waals surface area contributed by atoms with Gasteiger partial charge in [0.15, 0.2) is 6.04 Å². The van der Waals surface area contributed by atoms with Gasteiger partial charge in [-0.2, -0.15) is 0 Å². The van der Waals surface area contributed by atoms with E-state index in [0.29, 0.717) is 0 Å². The lowest BCUT2D eigenvalue weighted by atomic mass is 10.4. The Morgan fingerprint density at radius 1 is 1.83 bits per heavy atom. The summed E-state index contributed by atoms with van der Waals surface area (Å²) in [6, 6.07) is 0.0648. The molecular weight excluding hydrogens is 82.0 g/mol. The summed E-state index contributed by atoms with van der Waals surface area (Å²) in [7, 11) is 0. The fourth-order valence-electron chi connectivity index (χ4n) is 0. The Kier molecular flexibility index (Phi) is 1.60. The van der Waals surface area contributed by atoms with Gasteiger partial charge >= 0.3 is 0 Å². The van der Waals surface area contributed by atoms with Crippen LogP contribution in [0.3, 0.4) is 0 Å². The second-order valence-electron chi connectivity index (χ2n) is 1.07. The highest BCUT2D eigenvalue weighted by atomic mass is 16.4. The van der Waals surface area contributed by atoms with Crippen LogP contribution >= 0.6 is 0 Å². The van der Waals surface area contributed by atoms with Crippen LogP contribution in [-0.2, 0) is 4.79 Å². The summed E-state index contributed by atoms with van der Waals surface area (Å²) in [4.78, 5) is 9.49. The molecule has 0 unspecified atom stereocenters. The molecule has 3 heteroatoms. The van der Waals surface area contributed by atoms with Crippen LogP contribution in [-0.4, -0.2) is 5.97 Å². The molecule has 0 amide bonds. The Labute approximate surface area is 35.8 Å². The fourth-order valence-corrected chi connectivity index (χ4v) is 0. The molecule has 0 aromatic heterocycles. The van der Waals surface area contributed by atoms with Crippen LogP contribution in [0.4, 0.5) is 0 Å². The lowest BCUT2D eigenvalue weighted by molar-refractivity contribution is -0.384. The van der Waals surface area contributed by atoms with E-state index in [1.54, 1.807) is 0 Å². The topological polar surface area (TPSA) is 67.8 Å². The van der Waals surface area contributed by atoms with Crippen molar-refractivity contribution in [1.82, 2.24) is 0 Å². The molecule has 0 saturated heterocycles. The van der Waals surface area contributed by atoms with Gasteiger partial charge in [0.2, 0.25) is 0 Å². The number of quaternary nitrogens is 1. The zero-order chi connectivity index (χ0) is 5.15. The summed E-state index contributed by atoms with van der Waals surface area (Å²) < 4.78 is 0. The van der Waals surface area contributed by atoms with Crippen molar-refractivity contribution in [3.05, 3.63) is 6.04 Å². The van der Waals surface area contributed by atoms with E-state index < -0.39 is 5.97 Å². The minimum Gasteiger partial charge on any atom is -0.543 e. The summed E-state index contributed by atoms with van der Waals surface area (Å²) in [5.41, 5.74) is 3.09. The average molecular weight is 88.1 g/mol. The third kappa shape index (κ3) is 1.72. The first-order chi connectivity index (χ1) is 2.64. The van der Waals surface area contributed by atoms with Crippen molar-refractivity contribution in [1.29, 1.82) is 0 Å². The number of carbonyl (C=O) groups excluding carboxylic acids is 1. The molecule has 0 saturated carbocycles. The Balaban J connectivity index is 3.26. The number of hydrogen-bond donors (Lipinski definition) is 1. The van der Waals surface area contributed by atoms with Crippen molar-refractivity contribution in [2.75, 3.05) is 0 Å². The van der Waals surface area contributed by atoms with E-state index in [0.717, 1.165) is 0 Å². The van der Waals surface area contributed by atoms with Crippen molar-refractivity contribution in [2.45, 2.75) is 6.92 Å². The Hall–Kier alpha value is -0.570. The maximum absolute atomic E-state index is 9.49. The molecule has 0 atom stereocenters.